The second-order valence-corrected chi connectivity index (χ2v) is 4.40. The summed E-state index contributed by atoms with van der Waals surface area (Å²) in [6.45, 7) is 4.15. The lowest BCUT2D eigenvalue weighted by Crippen LogP contribution is -2.11. The molecule has 0 saturated heterocycles. The number of rotatable bonds is 5. The summed E-state index contributed by atoms with van der Waals surface area (Å²) in [6, 6.07) is 6.27. The molecule has 2 aromatic rings. The third-order valence-corrected chi connectivity index (χ3v) is 2.81. The van der Waals surface area contributed by atoms with Gasteiger partial charge in [-0.15, -0.1) is 0 Å². The highest BCUT2D eigenvalue weighted by Gasteiger charge is 2.12. The molecule has 0 aliphatic rings. The molecule has 6 heteroatoms. The summed E-state index contributed by atoms with van der Waals surface area (Å²) in [4.78, 5) is 19.9. The van der Waals surface area contributed by atoms with Crippen LogP contribution in [0.4, 0.5) is 10.3 Å². The smallest absolute Gasteiger partial charge is 0.341 e. The summed E-state index contributed by atoms with van der Waals surface area (Å²) in [5.74, 6) is -0.347. The molecule has 0 bridgehead atoms. The van der Waals surface area contributed by atoms with E-state index in [0.29, 0.717) is 30.4 Å². The van der Waals surface area contributed by atoms with Crippen molar-refractivity contribution in [2.45, 2.75) is 20.4 Å². The lowest BCUT2D eigenvalue weighted by atomic mass is 10.2. The van der Waals surface area contributed by atoms with E-state index in [1.807, 2.05) is 0 Å². The van der Waals surface area contributed by atoms with Crippen molar-refractivity contribution in [3.63, 3.8) is 0 Å². The van der Waals surface area contributed by atoms with Crippen LogP contribution in [0.2, 0.25) is 0 Å². The van der Waals surface area contributed by atoms with Crippen LogP contribution in [-0.4, -0.2) is 22.5 Å². The summed E-state index contributed by atoms with van der Waals surface area (Å²) >= 11 is 0. The molecule has 0 unspecified atom stereocenters. The van der Waals surface area contributed by atoms with Crippen LogP contribution in [-0.2, 0) is 11.3 Å². The van der Waals surface area contributed by atoms with Crippen LogP contribution >= 0.6 is 0 Å². The summed E-state index contributed by atoms with van der Waals surface area (Å²) in [5, 5.41) is 2.99. The number of hydrogen-bond donors (Lipinski definition) is 1. The van der Waals surface area contributed by atoms with Crippen LogP contribution in [0.25, 0.3) is 0 Å². The number of aryl methyl sites for hydroxylation is 1. The Morgan fingerprint density at radius 2 is 2.24 bits per heavy atom. The van der Waals surface area contributed by atoms with E-state index in [2.05, 4.69) is 15.3 Å². The number of esters is 1. The van der Waals surface area contributed by atoms with Crippen molar-refractivity contribution in [1.29, 1.82) is 0 Å². The topological polar surface area (TPSA) is 64.1 Å². The first-order valence-corrected chi connectivity index (χ1v) is 6.59. The molecular weight excluding hydrogens is 273 g/mol. The Balaban J connectivity index is 2.05. The second kappa shape index (κ2) is 6.78. The average Bonchev–Trinajstić information content (AvgIpc) is 2.45. The first-order chi connectivity index (χ1) is 10.1. The van der Waals surface area contributed by atoms with Gasteiger partial charge in [-0.25, -0.2) is 19.2 Å². The highest BCUT2D eigenvalue weighted by molar-refractivity contribution is 5.90. The van der Waals surface area contributed by atoms with Crippen LogP contribution in [0.3, 0.4) is 0 Å². The average molecular weight is 289 g/mol. The largest absolute Gasteiger partial charge is 0.462 e. The second-order valence-electron chi connectivity index (χ2n) is 4.40. The normalized spacial score (nSPS) is 10.2. The third kappa shape index (κ3) is 3.98. The number of anilines is 1. The molecule has 0 radical (unpaired) electrons. The van der Waals surface area contributed by atoms with Gasteiger partial charge in [0.2, 0.25) is 5.95 Å². The molecule has 1 N–H and O–H groups in total. The summed E-state index contributed by atoms with van der Waals surface area (Å²) in [7, 11) is 0. The predicted octanol–water partition coefficient (Wildman–Crippen LogP) is 2.71. The van der Waals surface area contributed by atoms with Gasteiger partial charge in [-0.05, 0) is 31.5 Å². The molecule has 0 amide bonds. The molecule has 1 heterocycles. The minimum atomic E-state index is -0.438. The molecule has 0 saturated carbocycles. The fourth-order valence-corrected chi connectivity index (χ4v) is 1.79. The fourth-order valence-electron chi connectivity index (χ4n) is 1.79. The molecule has 1 aromatic heterocycles. The number of nitrogens with one attached hydrogen (secondary N) is 1. The van der Waals surface area contributed by atoms with Crippen LogP contribution in [0.5, 0.6) is 0 Å². The van der Waals surface area contributed by atoms with Gasteiger partial charge in [-0.3, -0.25) is 0 Å². The van der Waals surface area contributed by atoms with E-state index in [1.54, 1.807) is 26.0 Å². The van der Waals surface area contributed by atoms with E-state index in [4.69, 9.17) is 4.74 Å². The predicted molar refractivity (Wildman–Crippen MR) is 76.5 cm³/mol. The number of nitrogens with zero attached hydrogens (tertiary/aromatic N) is 2. The summed E-state index contributed by atoms with van der Waals surface area (Å²) < 4.78 is 18.0. The van der Waals surface area contributed by atoms with Crippen molar-refractivity contribution in [2.75, 3.05) is 11.9 Å². The number of carbonyl (C=O) groups is 1. The minimum Gasteiger partial charge on any atom is -0.462 e. The quantitative estimate of drug-likeness (QED) is 0.857. The Labute approximate surface area is 122 Å². The molecule has 0 spiro atoms. The minimum absolute atomic E-state index is 0.288. The van der Waals surface area contributed by atoms with Crippen LogP contribution < -0.4 is 5.32 Å². The van der Waals surface area contributed by atoms with E-state index in [9.17, 15) is 9.18 Å². The van der Waals surface area contributed by atoms with E-state index < -0.39 is 5.97 Å². The number of ether oxygens (including phenoxy) is 1. The van der Waals surface area contributed by atoms with Gasteiger partial charge in [-0.1, -0.05) is 12.1 Å². The van der Waals surface area contributed by atoms with Crippen molar-refractivity contribution in [3.05, 3.63) is 53.1 Å². The van der Waals surface area contributed by atoms with E-state index in [-0.39, 0.29) is 5.82 Å². The summed E-state index contributed by atoms with van der Waals surface area (Å²) in [6.07, 6.45) is 1.42. The number of benzene rings is 1. The van der Waals surface area contributed by atoms with Gasteiger partial charge in [0.15, 0.2) is 0 Å². The lowest BCUT2D eigenvalue weighted by molar-refractivity contribution is 0.0524. The molecule has 2 rings (SSSR count). The molecule has 21 heavy (non-hydrogen) atoms. The third-order valence-electron chi connectivity index (χ3n) is 2.81. The molecule has 5 nitrogen and oxygen atoms in total. The Morgan fingerprint density at radius 3 is 2.90 bits per heavy atom. The molecule has 110 valence electrons. The van der Waals surface area contributed by atoms with Crippen molar-refractivity contribution in [2.24, 2.45) is 0 Å². The lowest BCUT2D eigenvalue weighted by Gasteiger charge is -2.08. The Bertz CT molecular complexity index is 647. The number of hydrogen-bond acceptors (Lipinski definition) is 5. The van der Waals surface area contributed by atoms with Crippen molar-refractivity contribution >= 4 is 11.9 Å². The monoisotopic (exact) mass is 289 g/mol. The first-order valence-electron chi connectivity index (χ1n) is 6.59. The van der Waals surface area contributed by atoms with Gasteiger partial charge in [0.25, 0.3) is 0 Å². The maximum Gasteiger partial charge on any atom is 0.341 e. The molecule has 0 aliphatic carbocycles. The highest BCUT2D eigenvalue weighted by atomic mass is 19.1. The zero-order valence-corrected chi connectivity index (χ0v) is 11.9. The first kappa shape index (κ1) is 14.9. The number of halogens is 1. The molecule has 0 aliphatic heterocycles. The fraction of sp³-hybridized carbons (Fsp3) is 0.267. The van der Waals surface area contributed by atoms with Crippen LogP contribution in [0.1, 0.15) is 28.5 Å². The van der Waals surface area contributed by atoms with E-state index >= 15 is 0 Å². The number of aromatic nitrogens is 2. The zero-order valence-electron chi connectivity index (χ0n) is 11.9. The zero-order chi connectivity index (χ0) is 15.2. The van der Waals surface area contributed by atoms with Crippen molar-refractivity contribution < 1.29 is 13.9 Å². The Morgan fingerprint density at radius 1 is 1.43 bits per heavy atom. The van der Waals surface area contributed by atoms with E-state index in [1.165, 1.54) is 18.3 Å². The number of carbonyl (C=O) groups excluding carboxylic acids is 1. The SMILES string of the molecule is CCOC(=O)c1cnc(NCc2cccc(F)c2)nc1C. The van der Waals surface area contributed by atoms with Gasteiger partial charge >= 0.3 is 5.97 Å². The summed E-state index contributed by atoms with van der Waals surface area (Å²) in [5.41, 5.74) is 1.66. The maximum absolute atomic E-state index is 13.1. The highest BCUT2D eigenvalue weighted by Crippen LogP contribution is 2.10. The maximum atomic E-state index is 13.1. The van der Waals surface area contributed by atoms with Gasteiger partial charge in [0.1, 0.15) is 5.82 Å². The van der Waals surface area contributed by atoms with Crippen molar-refractivity contribution in [1.82, 2.24) is 9.97 Å². The molecule has 0 fully saturated rings. The Kier molecular flexibility index (Phi) is 4.81. The van der Waals surface area contributed by atoms with E-state index in [0.717, 1.165) is 5.56 Å². The molecular formula is C15H16FN3O2. The van der Waals surface area contributed by atoms with Gasteiger partial charge in [0, 0.05) is 12.7 Å². The van der Waals surface area contributed by atoms with Gasteiger partial charge in [0.05, 0.1) is 17.9 Å². The van der Waals surface area contributed by atoms with Crippen molar-refractivity contribution in [3.8, 4) is 0 Å². The Hall–Kier alpha value is -2.50. The van der Waals surface area contributed by atoms with Crippen LogP contribution in [0, 0.1) is 12.7 Å². The standard InChI is InChI=1S/C15H16FN3O2/c1-3-21-14(20)13-9-18-15(19-10(13)2)17-8-11-5-4-6-12(16)7-11/h4-7,9H,3,8H2,1-2H3,(H,17,18,19). The molecule has 0 atom stereocenters. The van der Waals surface area contributed by atoms with Gasteiger partial charge < -0.3 is 10.1 Å². The van der Waals surface area contributed by atoms with Crippen LogP contribution in [0.15, 0.2) is 30.5 Å². The van der Waals surface area contributed by atoms with Gasteiger partial charge in [-0.2, -0.15) is 0 Å². The molecule has 1 aromatic carbocycles.